The van der Waals surface area contributed by atoms with Crippen LogP contribution in [0.2, 0.25) is 0 Å². The first-order valence-corrected chi connectivity index (χ1v) is 12.2. The highest BCUT2D eigenvalue weighted by atomic mass is 16.4. The van der Waals surface area contributed by atoms with Crippen molar-refractivity contribution in [3.8, 4) is 0 Å². The molecular formula is C24H39BN4O5. The van der Waals surface area contributed by atoms with E-state index in [2.05, 4.69) is 21.3 Å². The van der Waals surface area contributed by atoms with E-state index in [1.54, 1.807) is 0 Å². The highest BCUT2D eigenvalue weighted by Crippen LogP contribution is 2.28. The summed E-state index contributed by atoms with van der Waals surface area (Å²) in [7, 11) is -1.69. The lowest BCUT2D eigenvalue weighted by Crippen LogP contribution is -2.57. The summed E-state index contributed by atoms with van der Waals surface area (Å²) < 4.78 is 0. The molecule has 0 saturated heterocycles. The van der Waals surface area contributed by atoms with Gasteiger partial charge >= 0.3 is 7.12 Å². The van der Waals surface area contributed by atoms with Gasteiger partial charge in [-0.3, -0.25) is 14.4 Å². The molecule has 0 radical (unpaired) electrons. The maximum atomic E-state index is 13.4. The average Bonchev–Trinajstić information content (AvgIpc) is 3.35. The molecule has 0 bridgehead atoms. The van der Waals surface area contributed by atoms with Crippen LogP contribution in [0.15, 0.2) is 30.3 Å². The normalized spacial score (nSPS) is 17.3. The van der Waals surface area contributed by atoms with Crippen LogP contribution in [0.3, 0.4) is 0 Å². The average molecular weight is 474 g/mol. The van der Waals surface area contributed by atoms with Gasteiger partial charge in [0.15, 0.2) is 0 Å². The Bertz CT molecular complexity index is 789. The molecule has 6 N–H and O–H groups in total. The van der Waals surface area contributed by atoms with Crippen LogP contribution in [0, 0.1) is 11.8 Å². The van der Waals surface area contributed by atoms with Gasteiger partial charge in [0.25, 0.3) is 0 Å². The van der Waals surface area contributed by atoms with Gasteiger partial charge in [-0.2, -0.15) is 0 Å². The highest BCUT2D eigenvalue weighted by Gasteiger charge is 2.34. The second kappa shape index (κ2) is 14.1. The van der Waals surface area contributed by atoms with E-state index in [-0.39, 0.29) is 24.3 Å². The predicted molar refractivity (Wildman–Crippen MR) is 131 cm³/mol. The van der Waals surface area contributed by atoms with Crippen LogP contribution >= 0.6 is 0 Å². The number of hydrogen-bond donors (Lipinski definition) is 6. The molecule has 2 rings (SSSR count). The van der Waals surface area contributed by atoms with Crippen molar-refractivity contribution in [1.29, 1.82) is 0 Å². The van der Waals surface area contributed by atoms with Crippen molar-refractivity contribution >= 4 is 24.8 Å². The van der Waals surface area contributed by atoms with E-state index in [1.165, 1.54) is 6.92 Å². The molecule has 0 aliphatic heterocycles. The van der Waals surface area contributed by atoms with Crippen molar-refractivity contribution < 1.29 is 24.4 Å². The Morgan fingerprint density at radius 1 is 1.03 bits per heavy atom. The van der Waals surface area contributed by atoms with E-state index in [4.69, 9.17) is 10.0 Å². The number of benzene rings is 1. The van der Waals surface area contributed by atoms with Gasteiger partial charge in [-0.1, -0.05) is 63.4 Å². The minimum atomic E-state index is -1.69. The summed E-state index contributed by atoms with van der Waals surface area (Å²) in [4.78, 5) is 38.3. The largest absolute Gasteiger partial charge is 0.475 e. The predicted octanol–water partition coefficient (Wildman–Crippen LogP) is 0.499. The molecule has 188 valence electrons. The van der Waals surface area contributed by atoms with Crippen molar-refractivity contribution in [2.24, 2.45) is 11.8 Å². The van der Waals surface area contributed by atoms with Gasteiger partial charge in [0, 0.05) is 6.54 Å². The van der Waals surface area contributed by atoms with Crippen LogP contribution in [0.4, 0.5) is 0 Å². The molecule has 1 aromatic carbocycles. The zero-order chi connectivity index (χ0) is 25.1. The summed E-state index contributed by atoms with van der Waals surface area (Å²) in [5.74, 6) is -1.98. The summed E-state index contributed by atoms with van der Waals surface area (Å²) >= 11 is 0. The van der Waals surface area contributed by atoms with E-state index in [9.17, 15) is 14.4 Å². The van der Waals surface area contributed by atoms with Crippen LogP contribution in [0.25, 0.3) is 0 Å². The number of carbonyl (C=O) groups is 3. The van der Waals surface area contributed by atoms with Crippen LogP contribution < -0.4 is 21.3 Å². The van der Waals surface area contributed by atoms with Crippen molar-refractivity contribution in [2.75, 3.05) is 6.54 Å². The topological polar surface area (TPSA) is 140 Å². The van der Waals surface area contributed by atoms with Crippen molar-refractivity contribution in [2.45, 2.75) is 77.4 Å². The van der Waals surface area contributed by atoms with Gasteiger partial charge in [-0.05, 0) is 37.2 Å². The quantitative estimate of drug-likeness (QED) is 0.230. The third-order valence-electron chi connectivity index (χ3n) is 6.57. The molecule has 10 heteroatoms. The Hall–Kier alpha value is -2.43. The standard InChI is InChI=1S/C24H39BN4O5/c1-4-16(2)21(23(31)27-15-20(30)28-17(3)25(33)34)29-24(32)22(19-12-8-9-13-19)26-14-18-10-6-5-7-11-18/h5-7,10-11,16-17,19,21-22,26,33-34H,4,8-9,12-15H2,1-3H3,(H,27,31)(H,28,30)(H,29,32)/t16-,17-,21-,22-/m0/s1. The van der Waals surface area contributed by atoms with E-state index < -0.39 is 37.0 Å². The Morgan fingerprint density at radius 2 is 1.68 bits per heavy atom. The molecule has 0 spiro atoms. The fraction of sp³-hybridized carbons (Fsp3) is 0.625. The van der Waals surface area contributed by atoms with E-state index >= 15 is 0 Å². The lowest BCUT2D eigenvalue weighted by Gasteiger charge is -2.29. The molecule has 1 aliphatic carbocycles. The zero-order valence-corrected chi connectivity index (χ0v) is 20.4. The van der Waals surface area contributed by atoms with Crippen molar-refractivity contribution in [3.63, 3.8) is 0 Å². The van der Waals surface area contributed by atoms with Crippen LogP contribution in [-0.4, -0.2) is 59.5 Å². The first-order chi connectivity index (χ1) is 16.2. The summed E-state index contributed by atoms with van der Waals surface area (Å²) in [5, 5.41) is 29.5. The van der Waals surface area contributed by atoms with Crippen LogP contribution in [-0.2, 0) is 20.9 Å². The second-order valence-corrected chi connectivity index (χ2v) is 9.25. The van der Waals surface area contributed by atoms with Gasteiger partial charge in [-0.25, -0.2) is 0 Å². The third-order valence-corrected chi connectivity index (χ3v) is 6.57. The van der Waals surface area contributed by atoms with Crippen LogP contribution in [0.1, 0.15) is 58.4 Å². The van der Waals surface area contributed by atoms with Gasteiger partial charge in [-0.15, -0.1) is 0 Å². The van der Waals surface area contributed by atoms with Crippen LogP contribution in [0.5, 0.6) is 0 Å². The molecule has 3 amide bonds. The number of rotatable bonds is 13. The first-order valence-electron chi connectivity index (χ1n) is 12.2. The molecular weight excluding hydrogens is 435 g/mol. The fourth-order valence-electron chi connectivity index (χ4n) is 4.19. The summed E-state index contributed by atoms with van der Waals surface area (Å²) in [6.07, 6.45) is 4.79. The van der Waals surface area contributed by atoms with Crippen molar-refractivity contribution in [3.05, 3.63) is 35.9 Å². The first kappa shape index (κ1) is 27.8. The molecule has 1 saturated carbocycles. The molecule has 1 fully saturated rings. The molecule has 1 aromatic rings. The molecule has 1 aliphatic rings. The lowest BCUT2D eigenvalue weighted by molar-refractivity contribution is -0.132. The maximum absolute atomic E-state index is 13.4. The van der Waals surface area contributed by atoms with E-state index in [0.29, 0.717) is 13.0 Å². The summed E-state index contributed by atoms with van der Waals surface area (Å²) in [6, 6.07) is 8.70. The number of nitrogens with one attached hydrogen (secondary N) is 4. The maximum Gasteiger partial charge on any atom is 0.475 e. The number of carbonyl (C=O) groups excluding carboxylic acids is 3. The fourth-order valence-corrected chi connectivity index (χ4v) is 4.19. The summed E-state index contributed by atoms with van der Waals surface area (Å²) in [6.45, 7) is 5.51. The molecule has 9 nitrogen and oxygen atoms in total. The smallest absolute Gasteiger partial charge is 0.426 e. The molecule has 34 heavy (non-hydrogen) atoms. The van der Waals surface area contributed by atoms with Gasteiger partial charge < -0.3 is 31.3 Å². The monoisotopic (exact) mass is 474 g/mol. The second-order valence-electron chi connectivity index (χ2n) is 9.25. The van der Waals surface area contributed by atoms with Crippen molar-refractivity contribution in [1.82, 2.24) is 21.3 Å². The molecule has 0 unspecified atom stereocenters. The number of hydrogen-bond acceptors (Lipinski definition) is 6. The number of amides is 3. The van der Waals surface area contributed by atoms with Gasteiger partial charge in [0.1, 0.15) is 6.04 Å². The van der Waals surface area contributed by atoms with E-state index in [1.807, 2.05) is 44.2 Å². The minimum Gasteiger partial charge on any atom is -0.426 e. The van der Waals surface area contributed by atoms with Gasteiger partial charge in [0.2, 0.25) is 17.7 Å². The Balaban J connectivity index is 2.02. The Morgan fingerprint density at radius 3 is 2.26 bits per heavy atom. The molecule has 0 heterocycles. The molecule has 0 aromatic heterocycles. The van der Waals surface area contributed by atoms with Gasteiger partial charge in [0.05, 0.1) is 18.5 Å². The minimum absolute atomic E-state index is 0.136. The third kappa shape index (κ3) is 8.74. The SMILES string of the molecule is CC[C@H](C)[C@H](NC(=O)[C@@H](NCc1ccccc1)C1CCCC1)C(=O)NCC(=O)N[C@@H](C)B(O)O. The Kier molecular flexibility index (Phi) is 11.5. The van der Waals surface area contributed by atoms with E-state index in [0.717, 1.165) is 31.2 Å². The summed E-state index contributed by atoms with van der Waals surface area (Å²) in [5.41, 5.74) is 1.09. The highest BCUT2D eigenvalue weighted by molar-refractivity contribution is 6.43. The zero-order valence-electron chi connectivity index (χ0n) is 20.4. The Labute approximate surface area is 202 Å². The lowest BCUT2D eigenvalue weighted by atomic mass is 9.81. The molecule has 4 atom stereocenters.